The van der Waals surface area contributed by atoms with Gasteiger partial charge in [0.1, 0.15) is 4.90 Å². The first-order valence-electron chi connectivity index (χ1n) is 8.93. The molecule has 2 saturated heterocycles. The molecule has 5 nitrogen and oxygen atoms in total. The lowest BCUT2D eigenvalue weighted by atomic mass is 9.94. The van der Waals surface area contributed by atoms with Gasteiger partial charge in [0.05, 0.1) is 10.9 Å². The fourth-order valence-corrected chi connectivity index (χ4v) is 5.66. The largest absolute Gasteiger partial charge is 0.342 e. The van der Waals surface area contributed by atoms with Gasteiger partial charge in [-0.3, -0.25) is 4.79 Å². The molecule has 0 bridgehead atoms. The molecule has 138 valence electrons. The highest BCUT2D eigenvalue weighted by atomic mass is 35.5. The first-order valence-corrected chi connectivity index (χ1v) is 10.7. The second kappa shape index (κ2) is 7.64. The van der Waals surface area contributed by atoms with Crippen molar-refractivity contribution in [2.75, 3.05) is 26.2 Å². The number of nitrogens with zero attached hydrogens (tertiary/aromatic N) is 2. The van der Waals surface area contributed by atoms with Crippen LogP contribution in [0.25, 0.3) is 0 Å². The summed E-state index contributed by atoms with van der Waals surface area (Å²) < 4.78 is 27.2. The Labute approximate surface area is 155 Å². The zero-order valence-electron chi connectivity index (χ0n) is 14.5. The molecule has 0 radical (unpaired) electrons. The lowest BCUT2D eigenvalue weighted by molar-refractivity contribution is -0.138. The van der Waals surface area contributed by atoms with Crippen molar-refractivity contribution in [3.8, 4) is 0 Å². The maximum Gasteiger partial charge on any atom is 0.244 e. The Hall–Kier alpha value is -1.11. The van der Waals surface area contributed by atoms with E-state index in [1.807, 2.05) is 4.90 Å². The molecule has 7 heteroatoms. The molecule has 1 atom stereocenters. The minimum absolute atomic E-state index is 0.103. The monoisotopic (exact) mass is 384 g/mol. The summed E-state index contributed by atoms with van der Waals surface area (Å²) in [5.41, 5.74) is 0. The van der Waals surface area contributed by atoms with Crippen molar-refractivity contribution < 1.29 is 13.2 Å². The molecule has 3 rings (SSSR count). The molecule has 1 aromatic rings. The van der Waals surface area contributed by atoms with Gasteiger partial charge in [-0.25, -0.2) is 8.42 Å². The van der Waals surface area contributed by atoms with Crippen LogP contribution in [0.15, 0.2) is 29.2 Å². The summed E-state index contributed by atoms with van der Waals surface area (Å²) in [7, 11) is -3.67. The zero-order chi connectivity index (χ0) is 18.0. The lowest BCUT2D eigenvalue weighted by Gasteiger charge is -2.37. The number of sulfonamides is 1. The van der Waals surface area contributed by atoms with Gasteiger partial charge in [-0.1, -0.05) is 30.7 Å². The van der Waals surface area contributed by atoms with E-state index in [1.54, 1.807) is 18.2 Å². The van der Waals surface area contributed by atoms with Crippen molar-refractivity contribution >= 4 is 27.5 Å². The van der Waals surface area contributed by atoms with Gasteiger partial charge in [-0.2, -0.15) is 4.31 Å². The molecule has 1 amide bonds. The maximum atomic E-state index is 12.9. The van der Waals surface area contributed by atoms with E-state index in [0.29, 0.717) is 18.9 Å². The van der Waals surface area contributed by atoms with E-state index in [9.17, 15) is 13.2 Å². The highest BCUT2D eigenvalue weighted by Gasteiger charge is 2.36. The van der Waals surface area contributed by atoms with Gasteiger partial charge in [0, 0.05) is 26.2 Å². The summed E-state index contributed by atoms with van der Waals surface area (Å²) in [5, 5.41) is 0.223. The number of hydrogen-bond donors (Lipinski definition) is 0. The number of halogens is 1. The van der Waals surface area contributed by atoms with Crippen molar-refractivity contribution in [3.63, 3.8) is 0 Å². The van der Waals surface area contributed by atoms with Crippen molar-refractivity contribution in [1.82, 2.24) is 9.21 Å². The lowest BCUT2D eigenvalue weighted by Crippen LogP contribution is -2.48. The van der Waals surface area contributed by atoms with Crippen LogP contribution < -0.4 is 0 Å². The molecular formula is C18H25ClN2O3S. The van der Waals surface area contributed by atoms with Crippen molar-refractivity contribution in [2.45, 2.75) is 37.5 Å². The SMILES string of the molecule is CC1CCN(C(=O)C2CCCN(S(=O)(=O)c3ccccc3Cl)C2)CC1. The summed E-state index contributed by atoms with van der Waals surface area (Å²) in [6, 6.07) is 6.48. The minimum Gasteiger partial charge on any atom is -0.342 e. The van der Waals surface area contributed by atoms with Crippen molar-refractivity contribution in [3.05, 3.63) is 29.3 Å². The zero-order valence-corrected chi connectivity index (χ0v) is 16.1. The first-order chi connectivity index (χ1) is 11.9. The summed E-state index contributed by atoms with van der Waals surface area (Å²) >= 11 is 6.08. The molecule has 0 N–H and O–H groups in total. The van der Waals surface area contributed by atoms with Gasteiger partial charge in [-0.15, -0.1) is 0 Å². The van der Waals surface area contributed by atoms with Crippen LogP contribution in [-0.4, -0.2) is 49.7 Å². The second-order valence-corrected chi connectivity index (χ2v) is 9.45. The first kappa shape index (κ1) is 18.7. The molecule has 0 aromatic heterocycles. The van der Waals surface area contributed by atoms with Crippen LogP contribution >= 0.6 is 11.6 Å². The van der Waals surface area contributed by atoms with E-state index < -0.39 is 10.0 Å². The van der Waals surface area contributed by atoms with Gasteiger partial charge in [0.25, 0.3) is 0 Å². The number of carbonyl (C=O) groups is 1. The Kier molecular flexibility index (Phi) is 5.71. The number of likely N-dealkylation sites (tertiary alicyclic amines) is 1. The number of amides is 1. The second-order valence-electron chi connectivity index (χ2n) is 7.14. The molecular weight excluding hydrogens is 360 g/mol. The van der Waals surface area contributed by atoms with E-state index >= 15 is 0 Å². The van der Waals surface area contributed by atoms with Crippen LogP contribution in [-0.2, 0) is 14.8 Å². The van der Waals surface area contributed by atoms with E-state index in [2.05, 4.69) is 6.92 Å². The maximum absolute atomic E-state index is 12.9. The summed E-state index contributed by atoms with van der Waals surface area (Å²) in [4.78, 5) is 14.8. The molecule has 0 saturated carbocycles. The Bertz CT molecular complexity index is 730. The molecule has 0 spiro atoms. The third-order valence-corrected chi connectivity index (χ3v) is 7.65. The van der Waals surface area contributed by atoms with Gasteiger partial charge in [-0.05, 0) is 43.7 Å². The fraction of sp³-hybridized carbons (Fsp3) is 0.611. The van der Waals surface area contributed by atoms with Gasteiger partial charge in [0.15, 0.2) is 0 Å². The van der Waals surface area contributed by atoms with E-state index in [1.165, 1.54) is 10.4 Å². The smallest absolute Gasteiger partial charge is 0.244 e. The molecule has 0 aliphatic carbocycles. The molecule has 2 fully saturated rings. The number of rotatable bonds is 3. The van der Waals surface area contributed by atoms with Crippen LogP contribution in [0.4, 0.5) is 0 Å². The van der Waals surface area contributed by atoms with Crippen LogP contribution in [0.5, 0.6) is 0 Å². The molecule has 1 unspecified atom stereocenters. The molecule has 2 aliphatic heterocycles. The van der Waals surface area contributed by atoms with E-state index in [4.69, 9.17) is 11.6 Å². The van der Waals surface area contributed by atoms with Gasteiger partial charge < -0.3 is 4.90 Å². The normalized spacial score (nSPS) is 23.6. The Morgan fingerprint density at radius 2 is 1.80 bits per heavy atom. The Morgan fingerprint density at radius 3 is 2.48 bits per heavy atom. The Balaban J connectivity index is 1.73. The molecule has 2 heterocycles. The third-order valence-electron chi connectivity index (χ3n) is 5.28. The summed E-state index contributed by atoms with van der Waals surface area (Å²) in [6.45, 7) is 4.47. The summed E-state index contributed by atoms with van der Waals surface area (Å²) in [6.07, 6.45) is 3.50. The third kappa shape index (κ3) is 4.01. The van der Waals surface area contributed by atoms with Crippen molar-refractivity contribution in [1.29, 1.82) is 0 Å². The van der Waals surface area contributed by atoms with Crippen LogP contribution in [0.2, 0.25) is 5.02 Å². The standard InChI is InChI=1S/C18H25ClN2O3S/c1-14-8-11-20(12-9-14)18(22)15-5-4-10-21(13-15)25(23,24)17-7-3-2-6-16(17)19/h2-3,6-7,14-15H,4-5,8-13H2,1H3. The van der Waals surface area contributed by atoms with Crippen LogP contribution in [0.3, 0.4) is 0 Å². The van der Waals surface area contributed by atoms with Gasteiger partial charge in [0.2, 0.25) is 15.9 Å². The highest BCUT2D eigenvalue weighted by molar-refractivity contribution is 7.89. The Morgan fingerprint density at radius 1 is 1.12 bits per heavy atom. The molecule has 25 heavy (non-hydrogen) atoms. The fourth-order valence-electron chi connectivity index (χ4n) is 3.64. The predicted octanol–water partition coefficient (Wildman–Crippen LogP) is 3.00. The number of hydrogen-bond acceptors (Lipinski definition) is 3. The van der Waals surface area contributed by atoms with E-state index in [0.717, 1.165) is 32.4 Å². The quantitative estimate of drug-likeness (QED) is 0.804. The van der Waals surface area contributed by atoms with Crippen LogP contribution in [0, 0.1) is 11.8 Å². The molecule has 2 aliphatic rings. The van der Waals surface area contributed by atoms with Gasteiger partial charge >= 0.3 is 0 Å². The van der Waals surface area contributed by atoms with Crippen LogP contribution in [0.1, 0.15) is 32.6 Å². The minimum atomic E-state index is -3.67. The van der Waals surface area contributed by atoms with E-state index in [-0.39, 0.29) is 28.3 Å². The van der Waals surface area contributed by atoms with Crippen molar-refractivity contribution in [2.24, 2.45) is 11.8 Å². The number of carbonyl (C=O) groups excluding carboxylic acids is 1. The summed E-state index contributed by atoms with van der Waals surface area (Å²) in [5.74, 6) is 0.512. The number of benzene rings is 1. The predicted molar refractivity (Wildman–Crippen MR) is 97.9 cm³/mol. The topological polar surface area (TPSA) is 57.7 Å². The average Bonchev–Trinajstić information content (AvgIpc) is 2.62. The average molecular weight is 385 g/mol. The molecule has 1 aromatic carbocycles. The number of piperidine rings is 2. The highest BCUT2D eigenvalue weighted by Crippen LogP contribution is 2.29.